The van der Waals surface area contributed by atoms with Gasteiger partial charge in [0, 0.05) is 5.69 Å². The molecule has 1 amide bonds. The van der Waals surface area contributed by atoms with E-state index in [9.17, 15) is 9.18 Å². The number of nitrogens with zero attached hydrogens (tertiary/aromatic N) is 3. The van der Waals surface area contributed by atoms with Crippen molar-refractivity contribution < 1.29 is 18.3 Å². The Hall–Kier alpha value is -3.38. The van der Waals surface area contributed by atoms with Gasteiger partial charge in [0.1, 0.15) is 11.6 Å². The average Bonchev–Trinajstić information content (AvgIpc) is 3.19. The molecular formula is C20H17FN4O3S. The summed E-state index contributed by atoms with van der Waals surface area (Å²) in [6.07, 6.45) is -0.199. The molecule has 9 heteroatoms. The highest BCUT2D eigenvalue weighted by Crippen LogP contribution is 2.24. The van der Waals surface area contributed by atoms with Crippen LogP contribution < -0.4 is 10.1 Å². The molecule has 0 fully saturated rings. The highest BCUT2D eigenvalue weighted by molar-refractivity contribution is 7.99. The second-order valence-corrected chi connectivity index (χ2v) is 6.92. The molecule has 3 rings (SSSR count). The quantitative estimate of drug-likeness (QED) is 0.555. The summed E-state index contributed by atoms with van der Waals surface area (Å²) in [5, 5.41) is 19.5. The molecule has 0 aliphatic carbocycles. The van der Waals surface area contributed by atoms with E-state index in [1.807, 2.05) is 0 Å². The summed E-state index contributed by atoms with van der Waals surface area (Å²) in [5.74, 6) is 0.252. The van der Waals surface area contributed by atoms with Gasteiger partial charge in [-0.2, -0.15) is 5.26 Å². The lowest BCUT2D eigenvalue weighted by atomic mass is 10.1. The van der Waals surface area contributed by atoms with Crippen molar-refractivity contribution in [2.75, 3.05) is 11.1 Å². The Morgan fingerprint density at radius 1 is 1.24 bits per heavy atom. The Labute approximate surface area is 170 Å². The molecule has 0 aliphatic rings. The predicted octanol–water partition coefficient (Wildman–Crippen LogP) is 4.15. The van der Waals surface area contributed by atoms with Crippen LogP contribution in [0.5, 0.6) is 5.75 Å². The van der Waals surface area contributed by atoms with Gasteiger partial charge in [-0.1, -0.05) is 23.9 Å². The molecule has 1 atom stereocenters. The molecular weight excluding hydrogens is 395 g/mol. The summed E-state index contributed by atoms with van der Waals surface area (Å²) in [7, 11) is 0. The highest BCUT2D eigenvalue weighted by atomic mass is 32.2. The predicted molar refractivity (Wildman–Crippen MR) is 105 cm³/mol. The van der Waals surface area contributed by atoms with Gasteiger partial charge < -0.3 is 14.5 Å². The van der Waals surface area contributed by atoms with Crippen molar-refractivity contribution in [1.29, 1.82) is 5.26 Å². The number of hydrogen-bond donors (Lipinski definition) is 1. The lowest BCUT2D eigenvalue weighted by Crippen LogP contribution is -2.13. The van der Waals surface area contributed by atoms with Crippen LogP contribution in [0, 0.1) is 17.1 Å². The summed E-state index contributed by atoms with van der Waals surface area (Å²) in [4.78, 5) is 12.1. The summed E-state index contributed by atoms with van der Waals surface area (Å²) in [5.41, 5.74) is 1.53. The Morgan fingerprint density at radius 3 is 2.66 bits per heavy atom. The summed E-state index contributed by atoms with van der Waals surface area (Å²) < 4.78 is 24.1. The number of nitrogens with one attached hydrogen (secondary N) is 1. The zero-order valence-electron chi connectivity index (χ0n) is 15.5. The SMILES string of the molecule is C[C@@H](Oc1ccc(F)cc1)c1nnc(SCC(=O)Nc2ccc(CC#N)cc2)o1. The lowest BCUT2D eigenvalue weighted by molar-refractivity contribution is -0.113. The number of ether oxygens (including phenoxy) is 1. The number of thioether (sulfide) groups is 1. The largest absolute Gasteiger partial charge is 0.481 e. The number of carbonyl (C=O) groups is 1. The molecule has 0 bridgehead atoms. The maximum atomic E-state index is 12.9. The Balaban J connectivity index is 1.48. The van der Waals surface area contributed by atoms with Gasteiger partial charge in [-0.25, -0.2) is 4.39 Å². The van der Waals surface area contributed by atoms with Gasteiger partial charge in [0.05, 0.1) is 18.2 Å². The number of carbonyl (C=O) groups excluding carboxylic acids is 1. The first-order valence-electron chi connectivity index (χ1n) is 8.67. The molecule has 1 aromatic heterocycles. The van der Waals surface area contributed by atoms with Crippen LogP contribution in [-0.2, 0) is 11.2 Å². The van der Waals surface area contributed by atoms with Gasteiger partial charge in [0.15, 0.2) is 6.10 Å². The molecule has 0 aliphatic heterocycles. The van der Waals surface area contributed by atoms with E-state index in [4.69, 9.17) is 14.4 Å². The fraction of sp³-hybridized carbons (Fsp3) is 0.200. The van der Waals surface area contributed by atoms with Crippen molar-refractivity contribution in [2.45, 2.75) is 24.7 Å². The first-order valence-corrected chi connectivity index (χ1v) is 9.66. The van der Waals surface area contributed by atoms with E-state index in [0.717, 1.165) is 17.3 Å². The maximum Gasteiger partial charge on any atom is 0.277 e. The van der Waals surface area contributed by atoms with Crippen molar-refractivity contribution >= 4 is 23.4 Å². The standard InChI is InChI=1S/C20H17FN4O3S/c1-13(27-17-8-4-15(21)5-9-17)19-24-25-20(28-19)29-12-18(26)23-16-6-2-14(3-7-16)10-11-22/h2-9,13H,10,12H2,1H3,(H,23,26)/t13-/m1/s1. The van der Waals surface area contributed by atoms with Crippen molar-refractivity contribution in [3.63, 3.8) is 0 Å². The molecule has 0 radical (unpaired) electrons. The number of nitriles is 1. The Morgan fingerprint density at radius 2 is 1.97 bits per heavy atom. The van der Waals surface area contributed by atoms with Gasteiger partial charge in [0.2, 0.25) is 5.91 Å². The number of amides is 1. The first kappa shape index (κ1) is 20.4. The number of hydrogen-bond acceptors (Lipinski definition) is 7. The van der Waals surface area contributed by atoms with E-state index in [2.05, 4.69) is 21.6 Å². The average molecular weight is 412 g/mol. The summed E-state index contributed by atoms with van der Waals surface area (Å²) in [6, 6.07) is 14.8. The van der Waals surface area contributed by atoms with Crippen LogP contribution in [0.25, 0.3) is 0 Å². The topological polar surface area (TPSA) is 101 Å². The van der Waals surface area contributed by atoms with Gasteiger partial charge in [-0.15, -0.1) is 10.2 Å². The van der Waals surface area contributed by atoms with Crippen molar-refractivity contribution in [3.8, 4) is 11.8 Å². The molecule has 0 saturated carbocycles. The van der Waals surface area contributed by atoms with Crippen molar-refractivity contribution in [1.82, 2.24) is 10.2 Å². The Bertz CT molecular complexity index is 1000. The summed E-state index contributed by atoms with van der Waals surface area (Å²) >= 11 is 1.11. The molecule has 0 saturated heterocycles. The molecule has 148 valence electrons. The van der Waals surface area contributed by atoms with Crippen LogP contribution in [-0.4, -0.2) is 21.9 Å². The molecule has 1 N–H and O–H groups in total. The third-order valence-corrected chi connectivity index (χ3v) is 4.56. The first-order chi connectivity index (χ1) is 14.0. The van der Waals surface area contributed by atoms with Crippen LogP contribution in [0.2, 0.25) is 0 Å². The second kappa shape index (κ2) is 9.71. The maximum absolute atomic E-state index is 12.9. The molecule has 1 heterocycles. The smallest absolute Gasteiger partial charge is 0.277 e. The van der Waals surface area contributed by atoms with E-state index in [-0.39, 0.29) is 28.6 Å². The van der Waals surface area contributed by atoms with E-state index < -0.39 is 6.10 Å². The number of anilines is 1. The van der Waals surface area contributed by atoms with E-state index in [1.165, 1.54) is 24.3 Å². The minimum Gasteiger partial charge on any atom is -0.481 e. The van der Waals surface area contributed by atoms with Crippen LogP contribution in [0.1, 0.15) is 24.5 Å². The molecule has 7 nitrogen and oxygen atoms in total. The Kier molecular flexibility index (Phi) is 6.81. The fourth-order valence-electron chi connectivity index (χ4n) is 2.33. The zero-order valence-corrected chi connectivity index (χ0v) is 16.3. The van der Waals surface area contributed by atoms with Crippen LogP contribution >= 0.6 is 11.8 Å². The fourth-order valence-corrected chi connectivity index (χ4v) is 2.90. The molecule has 0 spiro atoms. The van der Waals surface area contributed by atoms with Crippen LogP contribution in [0.4, 0.5) is 10.1 Å². The van der Waals surface area contributed by atoms with Gasteiger partial charge >= 0.3 is 0 Å². The molecule has 0 unspecified atom stereocenters. The van der Waals surface area contributed by atoms with Gasteiger partial charge in [-0.05, 0) is 48.9 Å². The molecule has 3 aromatic rings. The zero-order chi connectivity index (χ0) is 20.6. The minimum absolute atomic E-state index is 0.0920. The monoisotopic (exact) mass is 412 g/mol. The summed E-state index contributed by atoms with van der Waals surface area (Å²) in [6.45, 7) is 1.73. The highest BCUT2D eigenvalue weighted by Gasteiger charge is 2.17. The van der Waals surface area contributed by atoms with E-state index in [1.54, 1.807) is 31.2 Å². The third-order valence-electron chi connectivity index (χ3n) is 3.74. The van der Waals surface area contributed by atoms with Crippen LogP contribution in [0.15, 0.2) is 58.2 Å². The van der Waals surface area contributed by atoms with E-state index in [0.29, 0.717) is 17.9 Å². The molecule has 29 heavy (non-hydrogen) atoms. The van der Waals surface area contributed by atoms with Gasteiger partial charge in [-0.3, -0.25) is 4.79 Å². The second-order valence-electron chi connectivity index (χ2n) is 5.99. The number of aromatic nitrogens is 2. The van der Waals surface area contributed by atoms with Crippen molar-refractivity contribution in [3.05, 3.63) is 65.8 Å². The normalized spacial score (nSPS) is 11.5. The van der Waals surface area contributed by atoms with Crippen molar-refractivity contribution in [2.24, 2.45) is 0 Å². The molecule has 2 aromatic carbocycles. The number of benzene rings is 2. The number of halogens is 1. The lowest BCUT2D eigenvalue weighted by Gasteiger charge is -2.10. The van der Waals surface area contributed by atoms with E-state index >= 15 is 0 Å². The third kappa shape index (κ3) is 6.05. The van der Waals surface area contributed by atoms with Gasteiger partial charge in [0.25, 0.3) is 11.1 Å². The minimum atomic E-state index is -0.525. The number of rotatable bonds is 8. The van der Waals surface area contributed by atoms with Crippen LogP contribution in [0.3, 0.4) is 0 Å².